The SMILES string of the molecule is COc1ccc(CC(C)(C)NCC(O)COc2ccc(OC)c3ccccc23)cc1.Cl. The number of aliphatic hydroxyl groups excluding tert-OH is 1. The average Bonchev–Trinajstić information content (AvgIpc) is 2.76. The van der Waals surface area contributed by atoms with Gasteiger partial charge < -0.3 is 24.6 Å². The average molecular weight is 446 g/mol. The smallest absolute Gasteiger partial charge is 0.127 e. The molecule has 3 aromatic carbocycles. The first kappa shape index (κ1) is 24.8. The van der Waals surface area contributed by atoms with Crippen molar-refractivity contribution in [1.29, 1.82) is 0 Å². The van der Waals surface area contributed by atoms with Crippen molar-refractivity contribution in [3.8, 4) is 17.2 Å². The van der Waals surface area contributed by atoms with E-state index >= 15 is 0 Å². The van der Waals surface area contributed by atoms with Crippen LogP contribution in [0.25, 0.3) is 10.8 Å². The van der Waals surface area contributed by atoms with Gasteiger partial charge in [-0.25, -0.2) is 0 Å². The molecule has 0 heterocycles. The van der Waals surface area contributed by atoms with E-state index in [0.29, 0.717) is 6.54 Å². The van der Waals surface area contributed by atoms with E-state index in [1.165, 1.54) is 5.56 Å². The van der Waals surface area contributed by atoms with Gasteiger partial charge in [-0.2, -0.15) is 0 Å². The topological polar surface area (TPSA) is 60.0 Å². The first-order chi connectivity index (χ1) is 14.4. The van der Waals surface area contributed by atoms with Crippen LogP contribution < -0.4 is 19.5 Å². The second kappa shape index (κ2) is 11.2. The summed E-state index contributed by atoms with van der Waals surface area (Å²) in [6.45, 7) is 4.91. The van der Waals surface area contributed by atoms with Gasteiger partial charge >= 0.3 is 0 Å². The molecule has 6 heteroatoms. The lowest BCUT2D eigenvalue weighted by atomic mass is 9.94. The van der Waals surface area contributed by atoms with Crippen molar-refractivity contribution in [3.05, 3.63) is 66.2 Å². The lowest BCUT2D eigenvalue weighted by Gasteiger charge is -2.28. The van der Waals surface area contributed by atoms with Crippen molar-refractivity contribution in [1.82, 2.24) is 5.32 Å². The Morgan fingerprint density at radius 1 is 0.871 bits per heavy atom. The Hall–Kier alpha value is -2.47. The molecule has 0 saturated heterocycles. The van der Waals surface area contributed by atoms with Gasteiger partial charge in [-0.15, -0.1) is 12.4 Å². The molecule has 1 unspecified atom stereocenters. The molecule has 0 amide bonds. The first-order valence-corrected chi connectivity index (χ1v) is 10.2. The summed E-state index contributed by atoms with van der Waals surface area (Å²) < 4.78 is 16.6. The van der Waals surface area contributed by atoms with E-state index in [-0.39, 0.29) is 24.6 Å². The van der Waals surface area contributed by atoms with Gasteiger partial charge in [0.1, 0.15) is 30.0 Å². The molecular weight excluding hydrogens is 414 g/mol. The second-order valence-corrected chi connectivity index (χ2v) is 8.07. The number of rotatable bonds is 10. The fourth-order valence-corrected chi connectivity index (χ4v) is 3.50. The molecule has 0 spiro atoms. The highest BCUT2D eigenvalue weighted by Gasteiger charge is 2.20. The number of benzene rings is 3. The van der Waals surface area contributed by atoms with Crippen LogP contribution in [0.5, 0.6) is 17.2 Å². The molecule has 0 saturated carbocycles. The first-order valence-electron chi connectivity index (χ1n) is 10.2. The highest BCUT2D eigenvalue weighted by Crippen LogP contribution is 2.32. The van der Waals surface area contributed by atoms with E-state index in [9.17, 15) is 5.11 Å². The van der Waals surface area contributed by atoms with Crippen LogP contribution in [-0.2, 0) is 6.42 Å². The van der Waals surface area contributed by atoms with Gasteiger partial charge in [0.25, 0.3) is 0 Å². The van der Waals surface area contributed by atoms with E-state index in [0.717, 1.165) is 34.4 Å². The molecule has 5 nitrogen and oxygen atoms in total. The molecule has 2 N–H and O–H groups in total. The van der Waals surface area contributed by atoms with Crippen molar-refractivity contribution >= 4 is 23.2 Å². The summed E-state index contributed by atoms with van der Waals surface area (Å²) >= 11 is 0. The number of nitrogens with one attached hydrogen (secondary N) is 1. The number of methoxy groups -OCH3 is 2. The third kappa shape index (κ3) is 6.76. The molecule has 3 rings (SSSR count). The van der Waals surface area contributed by atoms with Crippen LogP contribution in [0, 0.1) is 0 Å². The van der Waals surface area contributed by atoms with E-state index < -0.39 is 6.10 Å². The molecule has 0 aliphatic carbocycles. The molecule has 1 atom stereocenters. The van der Waals surface area contributed by atoms with E-state index in [1.807, 2.05) is 48.5 Å². The zero-order valence-electron chi connectivity index (χ0n) is 18.6. The number of aliphatic hydroxyl groups is 1. The Bertz CT molecular complexity index is 959. The molecule has 0 bridgehead atoms. The maximum absolute atomic E-state index is 10.5. The van der Waals surface area contributed by atoms with Crippen molar-refractivity contribution in [2.75, 3.05) is 27.4 Å². The molecule has 0 fully saturated rings. The van der Waals surface area contributed by atoms with Gasteiger partial charge in [0.15, 0.2) is 0 Å². The molecule has 31 heavy (non-hydrogen) atoms. The summed E-state index contributed by atoms with van der Waals surface area (Å²) in [6.07, 6.45) is 0.217. The number of β-amino-alcohol motifs (C(OH)–C–C–N with tert-alkyl or cyclic N) is 1. The molecule has 168 valence electrons. The summed E-state index contributed by atoms with van der Waals surface area (Å²) in [6, 6.07) is 19.8. The Balaban J connectivity index is 0.00000341. The third-order valence-electron chi connectivity index (χ3n) is 5.12. The fraction of sp³-hybridized carbons (Fsp3) is 0.360. The predicted molar refractivity (Wildman–Crippen MR) is 128 cm³/mol. The summed E-state index contributed by atoms with van der Waals surface area (Å²) in [7, 11) is 3.32. The molecule has 0 aliphatic rings. The highest BCUT2D eigenvalue weighted by atomic mass is 35.5. The maximum atomic E-state index is 10.5. The van der Waals surface area contributed by atoms with Crippen LogP contribution >= 0.6 is 12.4 Å². The number of ether oxygens (including phenoxy) is 3. The van der Waals surface area contributed by atoms with Crippen LogP contribution in [-0.4, -0.2) is 44.1 Å². The maximum Gasteiger partial charge on any atom is 0.127 e. The standard InChI is InChI=1S/C25H31NO4.ClH/c1-25(2,15-18-9-11-20(28-3)12-10-18)26-16-19(27)17-30-24-14-13-23(29-4)21-7-5-6-8-22(21)24;/h5-14,19,26-27H,15-17H2,1-4H3;1H. The molecule has 0 aromatic heterocycles. The predicted octanol–water partition coefficient (Wildman–Crippen LogP) is 4.63. The van der Waals surface area contributed by atoms with Crippen LogP contribution in [0.15, 0.2) is 60.7 Å². The monoisotopic (exact) mass is 445 g/mol. The number of halogens is 1. The molecule has 0 aliphatic heterocycles. The Labute approximate surface area is 190 Å². The minimum absolute atomic E-state index is 0. The zero-order chi connectivity index (χ0) is 21.6. The Morgan fingerprint density at radius 3 is 2.10 bits per heavy atom. The normalized spacial score (nSPS) is 12.2. The van der Waals surface area contributed by atoms with Crippen LogP contribution in [0.2, 0.25) is 0 Å². The lowest BCUT2D eigenvalue weighted by molar-refractivity contribution is 0.0995. The van der Waals surface area contributed by atoms with Gasteiger partial charge in [-0.1, -0.05) is 36.4 Å². The third-order valence-corrected chi connectivity index (χ3v) is 5.12. The minimum atomic E-state index is -0.624. The Kier molecular flexibility index (Phi) is 8.99. The van der Waals surface area contributed by atoms with Gasteiger partial charge in [-0.05, 0) is 50.1 Å². The number of hydrogen-bond donors (Lipinski definition) is 2. The zero-order valence-corrected chi connectivity index (χ0v) is 19.4. The van der Waals surface area contributed by atoms with E-state index in [1.54, 1.807) is 14.2 Å². The summed E-state index contributed by atoms with van der Waals surface area (Å²) in [5, 5.41) is 15.9. The largest absolute Gasteiger partial charge is 0.497 e. The van der Waals surface area contributed by atoms with Crippen LogP contribution in [0.3, 0.4) is 0 Å². The quantitative estimate of drug-likeness (QED) is 0.476. The van der Waals surface area contributed by atoms with E-state index in [2.05, 4.69) is 31.3 Å². The van der Waals surface area contributed by atoms with E-state index in [4.69, 9.17) is 14.2 Å². The van der Waals surface area contributed by atoms with Gasteiger partial charge in [0.05, 0.1) is 14.2 Å². The number of hydrogen-bond acceptors (Lipinski definition) is 5. The summed E-state index contributed by atoms with van der Waals surface area (Å²) in [4.78, 5) is 0. The Morgan fingerprint density at radius 2 is 1.48 bits per heavy atom. The molecule has 3 aromatic rings. The fourth-order valence-electron chi connectivity index (χ4n) is 3.50. The van der Waals surface area contributed by atoms with Gasteiger partial charge in [-0.3, -0.25) is 0 Å². The van der Waals surface area contributed by atoms with Crippen molar-refractivity contribution in [2.24, 2.45) is 0 Å². The van der Waals surface area contributed by atoms with Crippen LogP contribution in [0.4, 0.5) is 0 Å². The van der Waals surface area contributed by atoms with Crippen molar-refractivity contribution in [3.63, 3.8) is 0 Å². The summed E-state index contributed by atoms with van der Waals surface area (Å²) in [5.41, 5.74) is 1.05. The van der Waals surface area contributed by atoms with Crippen molar-refractivity contribution in [2.45, 2.75) is 31.9 Å². The molecule has 0 radical (unpaired) electrons. The minimum Gasteiger partial charge on any atom is -0.497 e. The highest BCUT2D eigenvalue weighted by molar-refractivity contribution is 5.93. The lowest BCUT2D eigenvalue weighted by Crippen LogP contribution is -2.46. The molecular formula is C25H32ClNO4. The van der Waals surface area contributed by atoms with Gasteiger partial charge in [0, 0.05) is 22.9 Å². The van der Waals surface area contributed by atoms with Gasteiger partial charge in [0.2, 0.25) is 0 Å². The number of fused-ring (bicyclic) bond motifs is 1. The second-order valence-electron chi connectivity index (χ2n) is 8.07. The summed E-state index contributed by atoms with van der Waals surface area (Å²) in [5.74, 6) is 2.39. The van der Waals surface area contributed by atoms with Crippen molar-refractivity contribution < 1.29 is 19.3 Å². The van der Waals surface area contributed by atoms with Crippen LogP contribution in [0.1, 0.15) is 19.4 Å².